The van der Waals surface area contributed by atoms with Gasteiger partial charge in [0.2, 0.25) is 35.4 Å². The van der Waals surface area contributed by atoms with Crippen molar-refractivity contribution in [3.63, 3.8) is 0 Å². The van der Waals surface area contributed by atoms with E-state index in [-0.39, 0.29) is 44.7 Å². The summed E-state index contributed by atoms with van der Waals surface area (Å²) in [6.45, 7) is 3.84. The zero-order chi connectivity index (χ0) is 48.9. The average molecular weight is 967 g/mol. The van der Waals surface area contributed by atoms with E-state index in [9.17, 15) is 43.5 Å². The molecule has 4 rings (SSSR count). The van der Waals surface area contributed by atoms with Crippen molar-refractivity contribution in [2.75, 3.05) is 51.3 Å². The van der Waals surface area contributed by atoms with Gasteiger partial charge in [-0.05, 0) is 95.8 Å². The first-order chi connectivity index (χ1) is 32.0. The molecule has 2 heterocycles. The molecule has 0 aliphatic carbocycles. The third-order valence-electron chi connectivity index (χ3n) is 10.3. The van der Waals surface area contributed by atoms with Gasteiger partial charge in [-0.2, -0.15) is 0 Å². The van der Waals surface area contributed by atoms with Crippen molar-refractivity contribution in [2.45, 2.75) is 102 Å². The number of anilines is 1. The molecule has 1 aliphatic heterocycles. The molecule has 22 heteroatoms. The number of primary amides is 1. The molecule has 364 valence electrons. The highest BCUT2D eigenvalue weighted by atomic mass is 32.2. The third-order valence-corrected chi connectivity index (χ3v) is 12.5. The number of alkyl carbamates (subject to hydrolysis) is 1. The zero-order valence-corrected chi connectivity index (χ0v) is 40.0. The van der Waals surface area contributed by atoms with Gasteiger partial charge in [-0.15, -0.1) is 23.1 Å². The van der Waals surface area contributed by atoms with Gasteiger partial charge in [0.05, 0.1) is 16.8 Å². The van der Waals surface area contributed by atoms with E-state index in [1.165, 1.54) is 34.9 Å². The standard InChI is InChI=1S/C45H62N10O10S2/c1-5-22-55(43(61)34(19-20-37(46)57)53-45(64)65-26-29-13-7-6-8-14-29)25-38(58)49-32(16-10-12-23-54(3)4)40(60)50-33(15-9-11-21-47-28(2)56)39(59)48-30-17-18-31-36(24-30)67-42(51-31)41-52-35(27-66-41)44(62)63/h6-8,13-14,17-18,24,32-35H,5,9-12,15-16,19-23,25-27H2,1-4H3,(H2,46,57)(H,47,56)(H,48,59)(H,49,58)(H,50,60)(H,53,64)(H,62,63)/t32?,33-,34?,35?/m0/s1. The number of nitrogens with one attached hydrogen (secondary N) is 5. The van der Waals surface area contributed by atoms with Crippen LogP contribution in [0.4, 0.5) is 10.5 Å². The van der Waals surface area contributed by atoms with E-state index in [1.54, 1.807) is 49.4 Å². The van der Waals surface area contributed by atoms with Crippen molar-refractivity contribution in [3.05, 3.63) is 59.1 Å². The molecule has 0 saturated carbocycles. The third kappa shape index (κ3) is 18.6. The van der Waals surface area contributed by atoms with Crippen molar-refractivity contribution in [1.29, 1.82) is 0 Å². The maximum atomic E-state index is 14.2. The maximum absolute atomic E-state index is 14.2. The van der Waals surface area contributed by atoms with Crippen LogP contribution in [0.3, 0.4) is 0 Å². The Morgan fingerprint density at radius 3 is 2.25 bits per heavy atom. The van der Waals surface area contributed by atoms with Gasteiger partial charge >= 0.3 is 12.1 Å². The number of hydrogen-bond acceptors (Lipinski definition) is 14. The Bertz CT molecular complexity index is 2220. The molecule has 1 aliphatic rings. The summed E-state index contributed by atoms with van der Waals surface area (Å²) < 4.78 is 6.04. The number of fused-ring (bicyclic) bond motifs is 1. The lowest BCUT2D eigenvalue weighted by molar-refractivity contribution is -0.139. The normalized spacial score (nSPS) is 14.6. The van der Waals surface area contributed by atoms with E-state index in [1.807, 2.05) is 25.1 Å². The molecule has 67 heavy (non-hydrogen) atoms. The molecule has 3 aromatic rings. The Kier molecular flexibility index (Phi) is 21.9. The van der Waals surface area contributed by atoms with Gasteiger partial charge in [-0.25, -0.2) is 14.6 Å². The lowest BCUT2D eigenvalue weighted by Crippen LogP contribution is -2.55. The van der Waals surface area contributed by atoms with Crippen LogP contribution in [0.15, 0.2) is 53.5 Å². The lowest BCUT2D eigenvalue weighted by Gasteiger charge is -2.28. The first-order valence-corrected chi connectivity index (χ1v) is 24.0. The molecule has 1 aromatic heterocycles. The Morgan fingerprint density at radius 2 is 1.60 bits per heavy atom. The second-order valence-corrected chi connectivity index (χ2v) is 18.3. The number of nitrogens with zero attached hydrogens (tertiary/aromatic N) is 4. The zero-order valence-electron chi connectivity index (χ0n) is 38.3. The van der Waals surface area contributed by atoms with Gasteiger partial charge in [0.1, 0.15) is 34.8 Å². The molecule has 2 aromatic carbocycles. The number of aliphatic carboxylic acids is 1. The molecule has 0 saturated heterocycles. The minimum Gasteiger partial charge on any atom is -0.480 e. The summed E-state index contributed by atoms with van der Waals surface area (Å²) >= 11 is 2.62. The van der Waals surface area contributed by atoms with E-state index in [2.05, 4.69) is 36.6 Å². The number of carbonyl (C=O) groups is 8. The van der Waals surface area contributed by atoms with Gasteiger partial charge < -0.3 is 52.0 Å². The summed E-state index contributed by atoms with van der Waals surface area (Å²) in [5.41, 5.74) is 7.17. The quantitative estimate of drug-likeness (QED) is 0.0516. The maximum Gasteiger partial charge on any atom is 0.408 e. The second-order valence-electron chi connectivity index (χ2n) is 16.3. The van der Waals surface area contributed by atoms with Gasteiger partial charge in [-0.3, -0.25) is 33.8 Å². The largest absolute Gasteiger partial charge is 0.480 e. The molecule has 8 N–H and O–H groups in total. The number of ether oxygens (including phenoxy) is 1. The highest BCUT2D eigenvalue weighted by molar-refractivity contribution is 8.15. The number of carbonyl (C=O) groups excluding carboxylic acids is 7. The Labute approximate surface area is 398 Å². The molecule has 0 radical (unpaired) electrons. The minimum absolute atomic E-state index is 0.0687. The lowest BCUT2D eigenvalue weighted by atomic mass is 10.0. The monoisotopic (exact) mass is 966 g/mol. The van der Waals surface area contributed by atoms with Crippen LogP contribution in [0, 0.1) is 0 Å². The predicted octanol–water partition coefficient (Wildman–Crippen LogP) is 2.99. The Balaban J connectivity index is 1.50. The fraction of sp³-hybridized carbons (Fsp3) is 0.511. The fourth-order valence-electron chi connectivity index (χ4n) is 6.89. The number of unbranched alkanes of at least 4 members (excludes halogenated alkanes) is 2. The fourth-order valence-corrected chi connectivity index (χ4v) is 8.99. The SMILES string of the molecule is CCCN(CC(=O)NC(CCCCN(C)C)C(=O)N[C@@H](CCCCNC(C)=O)C(=O)Nc1ccc2nc(C3=NC(C(=O)O)CS3)sc2c1)C(=O)C(CCC(N)=O)NC(=O)OCc1ccccc1. The van der Waals surface area contributed by atoms with Crippen LogP contribution in [-0.2, 0) is 44.9 Å². The van der Waals surface area contributed by atoms with E-state index in [0.29, 0.717) is 65.7 Å². The van der Waals surface area contributed by atoms with Crippen LogP contribution >= 0.6 is 23.1 Å². The van der Waals surface area contributed by atoms with Crippen LogP contribution in [-0.4, -0.2) is 143 Å². The first-order valence-electron chi connectivity index (χ1n) is 22.2. The minimum atomic E-state index is -1.25. The summed E-state index contributed by atoms with van der Waals surface area (Å²) in [7, 11) is 3.83. The summed E-state index contributed by atoms with van der Waals surface area (Å²) in [5, 5.41) is 24.2. The Morgan fingerprint density at radius 1 is 0.881 bits per heavy atom. The summed E-state index contributed by atoms with van der Waals surface area (Å²) in [6, 6.07) is 9.77. The van der Waals surface area contributed by atoms with E-state index >= 15 is 0 Å². The number of aliphatic imine (C=N–C) groups is 1. The van der Waals surface area contributed by atoms with Crippen molar-refractivity contribution < 1.29 is 48.2 Å². The average Bonchev–Trinajstić information content (AvgIpc) is 3.95. The summed E-state index contributed by atoms with van der Waals surface area (Å²) in [5.74, 6) is -4.04. The number of rotatable bonds is 28. The number of aromatic nitrogens is 1. The van der Waals surface area contributed by atoms with Crippen LogP contribution in [0.2, 0.25) is 0 Å². The molecule has 4 atom stereocenters. The Hall–Kier alpha value is -6.13. The molecular weight excluding hydrogens is 905 g/mol. The molecule has 20 nitrogen and oxygen atoms in total. The van der Waals surface area contributed by atoms with Crippen LogP contribution < -0.4 is 32.3 Å². The van der Waals surface area contributed by atoms with E-state index in [0.717, 1.165) is 16.8 Å². The van der Waals surface area contributed by atoms with Gasteiger partial charge in [0.15, 0.2) is 6.04 Å². The van der Waals surface area contributed by atoms with E-state index < -0.39 is 72.3 Å². The highest BCUT2D eigenvalue weighted by Crippen LogP contribution is 2.31. The van der Waals surface area contributed by atoms with Crippen LogP contribution in [0.25, 0.3) is 10.2 Å². The van der Waals surface area contributed by atoms with Crippen molar-refractivity contribution in [2.24, 2.45) is 10.7 Å². The van der Waals surface area contributed by atoms with Crippen molar-refractivity contribution in [1.82, 2.24) is 36.1 Å². The second kappa shape index (κ2) is 27.5. The topological polar surface area (TPSA) is 284 Å². The number of hydrogen-bond donors (Lipinski definition) is 7. The number of benzene rings is 2. The van der Waals surface area contributed by atoms with Crippen LogP contribution in [0.1, 0.15) is 82.2 Å². The summed E-state index contributed by atoms with van der Waals surface area (Å²) in [4.78, 5) is 116. The van der Waals surface area contributed by atoms with Crippen molar-refractivity contribution in [3.8, 4) is 0 Å². The van der Waals surface area contributed by atoms with Gasteiger partial charge in [0.25, 0.3) is 0 Å². The molecule has 0 bridgehead atoms. The predicted molar refractivity (Wildman–Crippen MR) is 256 cm³/mol. The number of thiazole rings is 1. The molecule has 3 unspecified atom stereocenters. The molecule has 0 fully saturated rings. The van der Waals surface area contributed by atoms with Gasteiger partial charge in [-0.1, -0.05) is 37.3 Å². The molecular formula is C45H62N10O10S2. The molecule has 7 amide bonds. The number of amides is 7. The number of carboxylic acids is 1. The number of nitrogens with two attached hydrogens (primary N) is 1. The van der Waals surface area contributed by atoms with Crippen LogP contribution in [0.5, 0.6) is 0 Å². The summed E-state index contributed by atoms with van der Waals surface area (Å²) in [6.07, 6.45) is 1.76. The van der Waals surface area contributed by atoms with Crippen molar-refractivity contribution >= 4 is 91.6 Å². The van der Waals surface area contributed by atoms with Gasteiger partial charge in [0, 0.05) is 37.9 Å². The first kappa shape index (κ1) is 53.5. The highest BCUT2D eigenvalue weighted by Gasteiger charge is 2.31. The smallest absolute Gasteiger partial charge is 0.408 e. The number of carboxylic acid groups (broad SMARTS) is 1. The number of thioether (sulfide) groups is 1. The van der Waals surface area contributed by atoms with E-state index in [4.69, 9.17) is 10.5 Å². The molecule has 0 spiro atoms.